The molecule has 0 aliphatic carbocycles. The molecule has 0 aromatic carbocycles. The van der Waals surface area contributed by atoms with Gasteiger partial charge in [0.2, 0.25) is 0 Å². The van der Waals surface area contributed by atoms with E-state index in [0.29, 0.717) is 24.3 Å². The summed E-state index contributed by atoms with van der Waals surface area (Å²) in [5.41, 5.74) is 0.851. The minimum atomic E-state index is -0.166. The zero-order valence-electron chi connectivity index (χ0n) is 18.1. The molecule has 1 aliphatic heterocycles. The maximum atomic E-state index is 12.0. The fourth-order valence-electron chi connectivity index (χ4n) is 4.01. The van der Waals surface area contributed by atoms with Crippen LogP contribution in [0.1, 0.15) is 46.3 Å². The van der Waals surface area contributed by atoms with Crippen LogP contribution >= 0.6 is 11.3 Å². The smallest absolute Gasteiger partial charge is 0.287 e. The van der Waals surface area contributed by atoms with Gasteiger partial charge >= 0.3 is 0 Å². The monoisotopic (exact) mass is 431 g/mol. The molecule has 2 unspecified atom stereocenters. The van der Waals surface area contributed by atoms with E-state index in [4.69, 9.17) is 4.42 Å². The van der Waals surface area contributed by atoms with Crippen molar-refractivity contribution in [3.63, 3.8) is 0 Å². The lowest BCUT2D eigenvalue weighted by atomic mass is 9.88. The van der Waals surface area contributed by atoms with Gasteiger partial charge in [0.05, 0.1) is 6.26 Å². The van der Waals surface area contributed by atoms with Crippen molar-refractivity contribution in [3.05, 3.63) is 46.0 Å². The number of hydrogen-bond acceptors (Lipinski definition) is 5. The average molecular weight is 432 g/mol. The zero-order chi connectivity index (χ0) is 21.3. The number of carbonyl (C=O) groups is 1. The second-order valence-electron chi connectivity index (χ2n) is 7.77. The van der Waals surface area contributed by atoms with E-state index in [2.05, 4.69) is 50.4 Å². The molecule has 7 nitrogen and oxygen atoms in total. The highest BCUT2D eigenvalue weighted by atomic mass is 32.1. The Morgan fingerprint density at radius 2 is 2.13 bits per heavy atom. The van der Waals surface area contributed by atoms with E-state index >= 15 is 0 Å². The van der Waals surface area contributed by atoms with Crippen LogP contribution in [0.5, 0.6) is 0 Å². The number of rotatable bonds is 8. The van der Waals surface area contributed by atoms with Gasteiger partial charge in [-0.05, 0) is 63.2 Å². The quantitative estimate of drug-likeness (QED) is 0.340. The van der Waals surface area contributed by atoms with Crippen molar-refractivity contribution in [1.82, 2.24) is 20.9 Å². The second-order valence-corrected chi connectivity index (χ2v) is 8.74. The van der Waals surface area contributed by atoms with Gasteiger partial charge in [-0.2, -0.15) is 0 Å². The standard InChI is InChI=1S/C22H33N5O2S/c1-16-9-13-29-20(16)21(28)24-10-6-11-25-22(23-2)26-15-17-7-4-12-27(3)19(17)18-8-5-14-30-18/h5,8-9,13-14,17,19H,4,6-7,10-12,15H2,1-3H3,(H,24,28)(H2,23,25,26). The van der Waals surface area contributed by atoms with E-state index in [9.17, 15) is 4.79 Å². The third kappa shape index (κ3) is 5.86. The third-order valence-corrected chi connectivity index (χ3v) is 6.54. The normalized spacial score (nSPS) is 20.2. The number of piperidine rings is 1. The van der Waals surface area contributed by atoms with Crippen molar-refractivity contribution in [2.45, 2.75) is 32.2 Å². The Kier molecular flexibility index (Phi) is 8.33. The molecule has 2 atom stereocenters. The molecule has 30 heavy (non-hydrogen) atoms. The highest BCUT2D eigenvalue weighted by Crippen LogP contribution is 2.36. The van der Waals surface area contributed by atoms with Crippen molar-refractivity contribution in [2.75, 3.05) is 40.3 Å². The number of thiophene rings is 1. The fraction of sp³-hybridized carbons (Fsp3) is 0.545. The minimum Gasteiger partial charge on any atom is -0.459 e. The van der Waals surface area contributed by atoms with Crippen molar-refractivity contribution >= 4 is 23.2 Å². The van der Waals surface area contributed by atoms with Gasteiger partial charge in [0.15, 0.2) is 11.7 Å². The molecule has 8 heteroatoms. The first-order valence-electron chi connectivity index (χ1n) is 10.6. The Morgan fingerprint density at radius 1 is 1.30 bits per heavy atom. The Balaban J connectivity index is 1.39. The number of hydrogen-bond donors (Lipinski definition) is 3. The molecule has 0 spiro atoms. The first-order valence-corrected chi connectivity index (χ1v) is 11.5. The van der Waals surface area contributed by atoms with Crippen LogP contribution in [0.15, 0.2) is 39.3 Å². The summed E-state index contributed by atoms with van der Waals surface area (Å²) in [7, 11) is 4.02. The van der Waals surface area contributed by atoms with Crippen LogP contribution in [-0.4, -0.2) is 57.0 Å². The Bertz CT molecular complexity index is 817. The van der Waals surface area contributed by atoms with Crippen molar-refractivity contribution in [1.29, 1.82) is 0 Å². The highest BCUT2D eigenvalue weighted by molar-refractivity contribution is 7.10. The summed E-state index contributed by atoms with van der Waals surface area (Å²) in [6, 6.07) is 6.64. The number of nitrogens with zero attached hydrogens (tertiary/aromatic N) is 2. The molecular formula is C22H33N5O2S. The number of amides is 1. The lowest BCUT2D eigenvalue weighted by molar-refractivity contribution is 0.0925. The summed E-state index contributed by atoms with van der Waals surface area (Å²) in [5, 5.41) is 11.9. The molecule has 0 bridgehead atoms. The Labute approximate surface area is 182 Å². The third-order valence-electron chi connectivity index (χ3n) is 5.60. The van der Waals surface area contributed by atoms with Crippen LogP contribution in [-0.2, 0) is 0 Å². The van der Waals surface area contributed by atoms with Crippen LogP contribution in [0, 0.1) is 12.8 Å². The van der Waals surface area contributed by atoms with Gasteiger partial charge in [-0.15, -0.1) is 11.3 Å². The highest BCUT2D eigenvalue weighted by Gasteiger charge is 2.31. The first-order chi connectivity index (χ1) is 14.6. The molecule has 2 aromatic rings. The maximum absolute atomic E-state index is 12.0. The van der Waals surface area contributed by atoms with Gasteiger partial charge in [0.25, 0.3) is 5.91 Å². The van der Waals surface area contributed by atoms with Gasteiger partial charge in [0.1, 0.15) is 0 Å². The van der Waals surface area contributed by atoms with E-state index in [1.807, 2.05) is 18.3 Å². The number of likely N-dealkylation sites (tertiary alicyclic amines) is 1. The number of carbonyl (C=O) groups excluding carboxylic acids is 1. The first kappa shape index (κ1) is 22.4. The molecule has 1 aliphatic rings. The molecule has 1 saturated heterocycles. The molecule has 164 valence electrons. The topological polar surface area (TPSA) is 81.9 Å². The lowest BCUT2D eigenvalue weighted by Gasteiger charge is -2.39. The van der Waals surface area contributed by atoms with E-state index in [0.717, 1.165) is 37.6 Å². The Morgan fingerprint density at radius 3 is 2.83 bits per heavy atom. The van der Waals surface area contributed by atoms with Gasteiger partial charge in [-0.3, -0.25) is 14.7 Å². The van der Waals surface area contributed by atoms with E-state index in [1.54, 1.807) is 13.1 Å². The van der Waals surface area contributed by atoms with E-state index in [-0.39, 0.29) is 5.91 Å². The number of aryl methyl sites for hydroxylation is 1. The van der Waals surface area contributed by atoms with Crippen LogP contribution in [0.25, 0.3) is 0 Å². The molecule has 3 rings (SSSR count). The predicted molar refractivity (Wildman–Crippen MR) is 122 cm³/mol. The average Bonchev–Trinajstić information content (AvgIpc) is 3.41. The summed E-state index contributed by atoms with van der Waals surface area (Å²) < 4.78 is 5.21. The molecule has 0 radical (unpaired) electrons. The fourth-order valence-corrected chi connectivity index (χ4v) is 5.00. The predicted octanol–water partition coefficient (Wildman–Crippen LogP) is 3.02. The van der Waals surface area contributed by atoms with Crippen LogP contribution in [0.4, 0.5) is 0 Å². The van der Waals surface area contributed by atoms with Crippen molar-refractivity contribution < 1.29 is 9.21 Å². The van der Waals surface area contributed by atoms with Crippen molar-refractivity contribution in [2.24, 2.45) is 10.9 Å². The molecule has 1 fully saturated rings. The number of nitrogens with one attached hydrogen (secondary N) is 3. The van der Waals surface area contributed by atoms with Gasteiger partial charge in [-0.1, -0.05) is 6.07 Å². The molecule has 3 N–H and O–H groups in total. The summed E-state index contributed by atoms with van der Waals surface area (Å²) in [6.45, 7) is 5.21. The molecule has 3 heterocycles. The van der Waals surface area contributed by atoms with Crippen LogP contribution in [0.3, 0.4) is 0 Å². The van der Waals surface area contributed by atoms with Gasteiger partial charge in [-0.25, -0.2) is 0 Å². The number of furan rings is 1. The van der Waals surface area contributed by atoms with Crippen LogP contribution < -0.4 is 16.0 Å². The number of aliphatic imine (C=N–C) groups is 1. The molecule has 0 saturated carbocycles. The van der Waals surface area contributed by atoms with E-state index < -0.39 is 0 Å². The van der Waals surface area contributed by atoms with Gasteiger partial charge in [0, 0.05) is 43.2 Å². The summed E-state index contributed by atoms with van der Waals surface area (Å²) in [5.74, 6) is 1.58. The summed E-state index contributed by atoms with van der Waals surface area (Å²) >= 11 is 1.84. The molecule has 2 aromatic heterocycles. The zero-order valence-corrected chi connectivity index (χ0v) is 18.9. The summed E-state index contributed by atoms with van der Waals surface area (Å²) in [6.07, 6.45) is 4.78. The molecule has 1 amide bonds. The lowest BCUT2D eigenvalue weighted by Crippen LogP contribution is -2.45. The van der Waals surface area contributed by atoms with Gasteiger partial charge < -0.3 is 20.4 Å². The van der Waals surface area contributed by atoms with E-state index in [1.165, 1.54) is 24.0 Å². The van der Waals surface area contributed by atoms with Crippen LogP contribution in [0.2, 0.25) is 0 Å². The maximum Gasteiger partial charge on any atom is 0.287 e. The molecular weight excluding hydrogens is 398 g/mol. The minimum absolute atomic E-state index is 0.166. The summed E-state index contributed by atoms with van der Waals surface area (Å²) in [4.78, 5) is 20.3. The Hall–Kier alpha value is -2.32. The number of guanidine groups is 1. The largest absolute Gasteiger partial charge is 0.459 e. The SMILES string of the molecule is CN=C(NCCCNC(=O)c1occc1C)NCC1CCCN(C)C1c1cccs1. The van der Waals surface area contributed by atoms with Crippen molar-refractivity contribution in [3.8, 4) is 0 Å². The second kappa shape index (κ2) is 11.2.